The fourth-order valence-corrected chi connectivity index (χ4v) is 3.17. The second kappa shape index (κ2) is 10.2. The molecule has 1 fully saturated rings. The highest BCUT2D eigenvalue weighted by atomic mass is 16.5. The van der Waals surface area contributed by atoms with Crippen molar-refractivity contribution in [3.8, 4) is 0 Å². The molecule has 0 heterocycles. The summed E-state index contributed by atoms with van der Waals surface area (Å²) in [6, 6.07) is 6.66. The Morgan fingerprint density at radius 3 is 2.73 bits per heavy atom. The third kappa shape index (κ3) is 6.67. The van der Waals surface area contributed by atoms with E-state index in [9.17, 15) is 9.59 Å². The molecule has 26 heavy (non-hydrogen) atoms. The first kappa shape index (κ1) is 20.2. The molecule has 3 N–H and O–H groups in total. The number of carbonyl (C=O) groups excluding carboxylic acids is 2. The SMILES string of the molecule is CC(C)NC(=O)Nc1cccc(C(=O)NCCOC2CCCCC2C)c1. The molecule has 6 nitrogen and oxygen atoms in total. The molecule has 0 spiro atoms. The molecule has 1 aromatic rings. The van der Waals surface area contributed by atoms with Crippen LogP contribution in [-0.4, -0.2) is 37.2 Å². The summed E-state index contributed by atoms with van der Waals surface area (Å²) in [4.78, 5) is 24.0. The smallest absolute Gasteiger partial charge is 0.319 e. The molecule has 2 atom stereocenters. The van der Waals surface area contributed by atoms with Crippen LogP contribution in [0.3, 0.4) is 0 Å². The number of ether oxygens (including phenoxy) is 1. The Labute approximate surface area is 156 Å². The normalized spacial score (nSPS) is 19.8. The Morgan fingerprint density at radius 2 is 2.00 bits per heavy atom. The highest BCUT2D eigenvalue weighted by Gasteiger charge is 2.21. The predicted molar refractivity (Wildman–Crippen MR) is 103 cm³/mol. The van der Waals surface area contributed by atoms with Crippen molar-refractivity contribution in [2.45, 2.75) is 58.6 Å². The number of carbonyl (C=O) groups is 2. The van der Waals surface area contributed by atoms with Gasteiger partial charge in [0, 0.05) is 23.8 Å². The highest BCUT2D eigenvalue weighted by molar-refractivity contribution is 5.96. The summed E-state index contributed by atoms with van der Waals surface area (Å²) in [5.41, 5.74) is 1.10. The molecule has 2 rings (SSSR count). The van der Waals surface area contributed by atoms with Crippen LogP contribution in [-0.2, 0) is 4.74 Å². The predicted octanol–water partition coefficient (Wildman–Crippen LogP) is 3.54. The van der Waals surface area contributed by atoms with E-state index in [1.165, 1.54) is 19.3 Å². The topological polar surface area (TPSA) is 79.5 Å². The molecule has 1 saturated carbocycles. The zero-order valence-electron chi connectivity index (χ0n) is 16.0. The number of hydrogen-bond donors (Lipinski definition) is 3. The fraction of sp³-hybridized carbons (Fsp3) is 0.600. The molecule has 0 aliphatic heterocycles. The first-order valence-electron chi connectivity index (χ1n) is 9.53. The number of amides is 3. The highest BCUT2D eigenvalue weighted by Crippen LogP contribution is 2.25. The van der Waals surface area contributed by atoms with Gasteiger partial charge in [0.1, 0.15) is 0 Å². The molecule has 1 aromatic carbocycles. The van der Waals surface area contributed by atoms with Gasteiger partial charge in [0.25, 0.3) is 5.91 Å². The summed E-state index contributed by atoms with van der Waals surface area (Å²) in [5, 5.41) is 8.35. The van der Waals surface area contributed by atoms with Gasteiger partial charge < -0.3 is 20.7 Å². The van der Waals surface area contributed by atoms with E-state index in [1.807, 2.05) is 13.8 Å². The zero-order valence-corrected chi connectivity index (χ0v) is 16.0. The molecule has 0 bridgehead atoms. The summed E-state index contributed by atoms with van der Waals surface area (Å²) in [6.07, 6.45) is 5.17. The number of urea groups is 1. The summed E-state index contributed by atoms with van der Waals surface area (Å²) >= 11 is 0. The van der Waals surface area contributed by atoms with Gasteiger partial charge in [0.05, 0.1) is 12.7 Å². The molecule has 1 aliphatic rings. The van der Waals surface area contributed by atoms with E-state index in [2.05, 4.69) is 22.9 Å². The van der Waals surface area contributed by atoms with Crippen molar-refractivity contribution in [2.75, 3.05) is 18.5 Å². The van der Waals surface area contributed by atoms with Crippen LogP contribution in [0.2, 0.25) is 0 Å². The average molecular weight is 361 g/mol. The van der Waals surface area contributed by atoms with Crippen LogP contribution in [0.15, 0.2) is 24.3 Å². The number of hydrogen-bond acceptors (Lipinski definition) is 3. The van der Waals surface area contributed by atoms with Crippen LogP contribution < -0.4 is 16.0 Å². The number of anilines is 1. The van der Waals surface area contributed by atoms with Crippen molar-refractivity contribution in [3.05, 3.63) is 29.8 Å². The maximum atomic E-state index is 12.3. The lowest BCUT2D eigenvalue weighted by Crippen LogP contribution is -2.34. The molecule has 6 heteroatoms. The lowest BCUT2D eigenvalue weighted by Gasteiger charge is -2.28. The van der Waals surface area contributed by atoms with Crippen molar-refractivity contribution in [3.63, 3.8) is 0 Å². The van der Waals surface area contributed by atoms with Gasteiger partial charge in [-0.1, -0.05) is 25.8 Å². The minimum atomic E-state index is -0.285. The largest absolute Gasteiger partial charge is 0.376 e. The van der Waals surface area contributed by atoms with Gasteiger partial charge in [-0.3, -0.25) is 4.79 Å². The number of nitrogens with one attached hydrogen (secondary N) is 3. The van der Waals surface area contributed by atoms with E-state index in [0.717, 1.165) is 6.42 Å². The third-order valence-electron chi connectivity index (χ3n) is 4.55. The maximum absolute atomic E-state index is 12.3. The summed E-state index contributed by atoms with van der Waals surface area (Å²) in [7, 11) is 0. The van der Waals surface area contributed by atoms with E-state index in [-0.39, 0.29) is 18.0 Å². The Balaban J connectivity index is 1.76. The molecular formula is C20H31N3O3. The van der Waals surface area contributed by atoms with Crippen molar-refractivity contribution in [1.82, 2.24) is 10.6 Å². The van der Waals surface area contributed by atoms with E-state index in [0.29, 0.717) is 36.4 Å². The van der Waals surface area contributed by atoms with Crippen LogP contribution in [0, 0.1) is 5.92 Å². The fourth-order valence-electron chi connectivity index (χ4n) is 3.17. The average Bonchev–Trinajstić information content (AvgIpc) is 2.59. The standard InChI is InChI=1S/C20H31N3O3/c1-14(2)22-20(25)23-17-9-6-8-16(13-17)19(24)21-11-12-26-18-10-5-4-7-15(18)3/h6,8-9,13-15,18H,4-5,7,10-12H2,1-3H3,(H,21,24)(H2,22,23,25). The van der Waals surface area contributed by atoms with Crippen LogP contribution in [0.25, 0.3) is 0 Å². The van der Waals surface area contributed by atoms with E-state index in [1.54, 1.807) is 24.3 Å². The lowest BCUT2D eigenvalue weighted by atomic mass is 9.88. The first-order valence-corrected chi connectivity index (χ1v) is 9.53. The number of benzene rings is 1. The van der Waals surface area contributed by atoms with Gasteiger partial charge in [-0.15, -0.1) is 0 Å². The monoisotopic (exact) mass is 361 g/mol. The second-order valence-electron chi connectivity index (χ2n) is 7.26. The van der Waals surface area contributed by atoms with Gasteiger partial charge in [-0.2, -0.15) is 0 Å². The Bertz CT molecular complexity index is 604. The van der Waals surface area contributed by atoms with Crippen LogP contribution in [0.1, 0.15) is 56.8 Å². The van der Waals surface area contributed by atoms with Gasteiger partial charge in [0.2, 0.25) is 0 Å². The molecule has 0 saturated heterocycles. The van der Waals surface area contributed by atoms with Crippen LogP contribution in [0.5, 0.6) is 0 Å². The van der Waals surface area contributed by atoms with Crippen molar-refractivity contribution in [2.24, 2.45) is 5.92 Å². The number of rotatable bonds is 7. The maximum Gasteiger partial charge on any atom is 0.319 e. The molecule has 3 amide bonds. The van der Waals surface area contributed by atoms with E-state index >= 15 is 0 Å². The Morgan fingerprint density at radius 1 is 1.23 bits per heavy atom. The second-order valence-corrected chi connectivity index (χ2v) is 7.26. The van der Waals surface area contributed by atoms with Crippen LogP contribution >= 0.6 is 0 Å². The Kier molecular flexibility index (Phi) is 7.91. The van der Waals surface area contributed by atoms with Gasteiger partial charge >= 0.3 is 6.03 Å². The molecule has 0 aromatic heterocycles. The molecular weight excluding hydrogens is 330 g/mol. The quantitative estimate of drug-likeness (QED) is 0.650. The summed E-state index contributed by atoms with van der Waals surface area (Å²) < 4.78 is 5.91. The Hall–Kier alpha value is -2.08. The zero-order chi connectivity index (χ0) is 18.9. The van der Waals surface area contributed by atoms with Crippen LogP contribution in [0.4, 0.5) is 10.5 Å². The van der Waals surface area contributed by atoms with Gasteiger partial charge in [-0.25, -0.2) is 4.79 Å². The van der Waals surface area contributed by atoms with Gasteiger partial charge in [-0.05, 0) is 50.8 Å². The van der Waals surface area contributed by atoms with Crippen molar-refractivity contribution >= 4 is 17.6 Å². The first-order chi connectivity index (χ1) is 12.5. The molecule has 0 radical (unpaired) electrons. The van der Waals surface area contributed by atoms with E-state index in [4.69, 9.17) is 4.74 Å². The van der Waals surface area contributed by atoms with Gasteiger partial charge in [0.15, 0.2) is 0 Å². The summed E-state index contributed by atoms with van der Waals surface area (Å²) in [5.74, 6) is 0.428. The van der Waals surface area contributed by atoms with Crippen molar-refractivity contribution < 1.29 is 14.3 Å². The lowest BCUT2D eigenvalue weighted by molar-refractivity contribution is -0.00293. The molecule has 2 unspecified atom stereocenters. The van der Waals surface area contributed by atoms with E-state index < -0.39 is 0 Å². The van der Waals surface area contributed by atoms with Crippen molar-refractivity contribution in [1.29, 1.82) is 0 Å². The summed E-state index contributed by atoms with van der Waals surface area (Å²) in [6.45, 7) is 7.01. The minimum absolute atomic E-state index is 0.0494. The third-order valence-corrected chi connectivity index (χ3v) is 4.55. The minimum Gasteiger partial charge on any atom is -0.376 e. The molecule has 144 valence electrons. The molecule has 1 aliphatic carbocycles.